The Hall–Kier alpha value is -2.95. The molecule has 0 bridgehead atoms. The number of fused-ring (bicyclic) bond motifs is 1. The summed E-state index contributed by atoms with van der Waals surface area (Å²) in [4.78, 5) is 25.8. The number of halogens is 4. The van der Waals surface area contributed by atoms with E-state index >= 15 is 0 Å². The van der Waals surface area contributed by atoms with E-state index in [2.05, 4.69) is 10.1 Å². The zero-order valence-corrected chi connectivity index (χ0v) is 17.5. The summed E-state index contributed by atoms with van der Waals surface area (Å²) in [6.45, 7) is 7.58. The van der Waals surface area contributed by atoms with Gasteiger partial charge in [0, 0.05) is 44.2 Å². The van der Waals surface area contributed by atoms with Crippen molar-refractivity contribution in [2.45, 2.75) is 33.1 Å². The molecule has 1 N–H and O–H groups in total. The fourth-order valence-corrected chi connectivity index (χ4v) is 4.11. The molecule has 2 aliphatic rings. The van der Waals surface area contributed by atoms with Crippen LogP contribution >= 0.6 is 0 Å². The van der Waals surface area contributed by atoms with E-state index in [1.165, 1.54) is 12.1 Å². The van der Waals surface area contributed by atoms with Crippen molar-refractivity contribution in [2.24, 2.45) is 11.8 Å². The van der Waals surface area contributed by atoms with Gasteiger partial charge in [-0.3, -0.25) is 9.69 Å². The maximum atomic E-state index is 13.3. The average Bonchev–Trinajstić information content (AvgIpc) is 3.32. The van der Waals surface area contributed by atoms with E-state index in [4.69, 9.17) is 14.4 Å². The van der Waals surface area contributed by atoms with Crippen LogP contribution in [0.2, 0.25) is 0 Å². The number of hydrogen-bond acceptors (Lipinski definition) is 5. The Kier molecular flexibility index (Phi) is 6.87. The van der Waals surface area contributed by atoms with Gasteiger partial charge in [0.1, 0.15) is 11.6 Å². The van der Waals surface area contributed by atoms with Gasteiger partial charge in [-0.25, -0.2) is 9.18 Å². The number of hydrogen-bond donors (Lipinski definition) is 1. The number of rotatable bonds is 4. The van der Waals surface area contributed by atoms with E-state index in [-0.39, 0.29) is 17.6 Å². The fraction of sp³-hybridized carbons (Fsp3) is 0.476. The molecule has 0 radical (unpaired) electrons. The van der Waals surface area contributed by atoms with Crippen LogP contribution in [0.5, 0.6) is 0 Å². The molecule has 2 fully saturated rings. The number of carboxylic acids is 1. The molecule has 0 unspecified atom stereocenters. The average molecular weight is 457 g/mol. The van der Waals surface area contributed by atoms with Crippen molar-refractivity contribution in [2.75, 3.05) is 19.6 Å². The summed E-state index contributed by atoms with van der Waals surface area (Å²) in [5.74, 6) is -1.57. The second-order valence-corrected chi connectivity index (χ2v) is 8.01. The van der Waals surface area contributed by atoms with Crippen molar-refractivity contribution >= 4 is 11.9 Å². The Morgan fingerprint density at radius 2 is 1.91 bits per heavy atom. The Bertz CT molecular complexity index is 972. The number of alkyl halides is 3. The lowest BCUT2D eigenvalue weighted by molar-refractivity contribution is -0.192. The summed E-state index contributed by atoms with van der Waals surface area (Å²) in [7, 11) is 0. The first kappa shape index (κ1) is 23.7. The van der Waals surface area contributed by atoms with Crippen LogP contribution < -0.4 is 0 Å². The highest BCUT2D eigenvalue weighted by atomic mass is 19.4. The van der Waals surface area contributed by atoms with Gasteiger partial charge in [0.05, 0.1) is 11.6 Å². The van der Waals surface area contributed by atoms with Gasteiger partial charge in [-0.05, 0) is 31.5 Å². The number of nitrogens with zero attached hydrogens (tertiary/aromatic N) is 3. The number of carbonyl (C=O) groups is 2. The van der Waals surface area contributed by atoms with Gasteiger partial charge in [0.25, 0.3) is 0 Å². The van der Waals surface area contributed by atoms with E-state index in [1.54, 1.807) is 6.07 Å². The molecule has 1 aromatic carbocycles. The van der Waals surface area contributed by atoms with Gasteiger partial charge < -0.3 is 14.5 Å². The zero-order valence-electron chi connectivity index (χ0n) is 17.5. The number of carbonyl (C=O) groups excluding carboxylic acids is 1. The van der Waals surface area contributed by atoms with Crippen molar-refractivity contribution < 1.29 is 36.8 Å². The highest BCUT2D eigenvalue weighted by Gasteiger charge is 2.46. The van der Waals surface area contributed by atoms with Gasteiger partial charge in [0.15, 0.2) is 0 Å². The summed E-state index contributed by atoms with van der Waals surface area (Å²) < 4.78 is 50.3. The van der Waals surface area contributed by atoms with Gasteiger partial charge in [0.2, 0.25) is 5.91 Å². The van der Waals surface area contributed by atoms with Crippen molar-refractivity contribution in [3.05, 3.63) is 52.7 Å². The van der Waals surface area contributed by atoms with Crippen molar-refractivity contribution in [1.82, 2.24) is 15.0 Å². The lowest BCUT2D eigenvalue weighted by atomic mass is 10.0. The van der Waals surface area contributed by atoms with Gasteiger partial charge >= 0.3 is 12.1 Å². The second-order valence-electron chi connectivity index (χ2n) is 8.01. The summed E-state index contributed by atoms with van der Waals surface area (Å²) in [6, 6.07) is 6.49. The molecule has 0 saturated carbocycles. The number of carboxylic acid groups (broad SMARTS) is 1. The SMILES string of the molecule is Cc1noc(C)c1CN1C[C@H]2CN(Cc3cccc(F)c3)C(=O)[C@H]2C1.O=C(O)C(F)(F)F. The molecule has 0 aliphatic carbocycles. The van der Waals surface area contributed by atoms with Gasteiger partial charge in [-0.15, -0.1) is 0 Å². The molecule has 3 heterocycles. The molecular weight excluding hydrogens is 434 g/mol. The summed E-state index contributed by atoms with van der Waals surface area (Å²) >= 11 is 0. The normalized spacial score (nSPS) is 20.8. The van der Waals surface area contributed by atoms with E-state index in [0.29, 0.717) is 12.5 Å². The summed E-state index contributed by atoms with van der Waals surface area (Å²) in [5, 5.41) is 11.1. The quantitative estimate of drug-likeness (QED) is 0.710. The molecule has 0 spiro atoms. The summed E-state index contributed by atoms with van der Waals surface area (Å²) in [5.41, 5.74) is 2.90. The van der Waals surface area contributed by atoms with Crippen LogP contribution in [0, 0.1) is 31.5 Å². The highest BCUT2D eigenvalue weighted by Crippen LogP contribution is 2.34. The van der Waals surface area contributed by atoms with Crippen molar-refractivity contribution in [1.29, 1.82) is 0 Å². The first-order chi connectivity index (χ1) is 15.0. The number of amides is 1. The zero-order chi connectivity index (χ0) is 23.6. The fourth-order valence-electron chi connectivity index (χ4n) is 4.11. The predicted octanol–water partition coefficient (Wildman–Crippen LogP) is 3.15. The second kappa shape index (κ2) is 9.27. The lowest BCUT2D eigenvalue weighted by Crippen LogP contribution is -2.32. The van der Waals surface area contributed by atoms with Crippen LogP contribution in [-0.2, 0) is 22.7 Å². The lowest BCUT2D eigenvalue weighted by Gasteiger charge is -2.21. The number of likely N-dealkylation sites (tertiary alicyclic amines) is 2. The molecule has 2 aliphatic heterocycles. The molecule has 2 aromatic rings. The summed E-state index contributed by atoms with van der Waals surface area (Å²) in [6.07, 6.45) is -5.08. The minimum Gasteiger partial charge on any atom is -0.475 e. The Labute approximate surface area is 181 Å². The van der Waals surface area contributed by atoms with Gasteiger partial charge in [-0.2, -0.15) is 13.2 Å². The predicted molar refractivity (Wildman–Crippen MR) is 104 cm³/mol. The van der Waals surface area contributed by atoms with Crippen LogP contribution in [0.25, 0.3) is 0 Å². The van der Waals surface area contributed by atoms with Crippen molar-refractivity contribution in [3.63, 3.8) is 0 Å². The number of aromatic nitrogens is 1. The van der Waals surface area contributed by atoms with Crippen molar-refractivity contribution in [3.8, 4) is 0 Å². The standard InChI is InChI=1S/C19H22FN3O2.C2HF3O2/c1-12-17(13(2)25-21-12)10-22-8-15-9-23(19(24)18(15)11-22)7-14-4-3-5-16(20)6-14;3-2(4,5)1(6)7/h3-6,15,18H,7-11H2,1-2H3;(H,6,7)/t15-,18-;/m0./s1. The maximum absolute atomic E-state index is 13.3. The van der Waals surface area contributed by atoms with Gasteiger partial charge in [-0.1, -0.05) is 17.3 Å². The van der Waals surface area contributed by atoms with E-state index in [1.807, 2.05) is 24.8 Å². The Balaban J connectivity index is 0.000000360. The minimum absolute atomic E-state index is 0.0500. The Morgan fingerprint density at radius 3 is 2.44 bits per heavy atom. The van der Waals surface area contributed by atoms with E-state index < -0.39 is 12.1 Å². The molecule has 4 rings (SSSR count). The largest absolute Gasteiger partial charge is 0.490 e. The molecule has 174 valence electrons. The molecule has 11 heteroatoms. The third-order valence-electron chi connectivity index (χ3n) is 5.67. The number of benzene rings is 1. The molecule has 32 heavy (non-hydrogen) atoms. The molecular formula is C21H23F4N3O4. The highest BCUT2D eigenvalue weighted by molar-refractivity contribution is 5.82. The third-order valence-corrected chi connectivity index (χ3v) is 5.67. The minimum atomic E-state index is -5.08. The Morgan fingerprint density at radius 1 is 1.22 bits per heavy atom. The van der Waals surface area contributed by atoms with Crippen LogP contribution in [0.4, 0.5) is 17.6 Å². The first-order valence-corrected chi connectivity index (χ1v) is 9.93. The molecule has 1 amide bonds. The van der Waals surface area contributed by atoms with Crippen LogP contribution in [0.3, 0.4) is 0 Å². The van der Waals surface area contributed by atoms with E-state index in [0.717, 1.165) is 48.8 Å². The molecule has 1 aromatic heterocycles. The number of aryl methyl sites for hydroxylation is 2. The third kappa shape index (κ3) is 5.45. The van der Waals surface area contributed by atoms with E-state index in [9.17, 15) is 22.4 Å². The molecule has 2 atom stereocenters. The van der Waals surface area contributed by atoms with Crippen LogP contribution in [0.15, 0.2) is 28.8 Å². The topological polar surface area (TPSA) is 86.9 Å². The van der Waals surface area contributed by atoms with Crippen LogP contribution in [0.1, 0.15) is 22.6 Å². The molecule has 2 saturated heterocycles. The molecule has 7 nitrogen and oxygen atoms in total. The first-order valence-electron chi connectivity index (χ1n) is 9.93. The van der Waals surface area contributed by atoms with Crippen LogP contribution in [-0.4, -0.2) is 57.8 Å². The monoisotopic (exact) mass is 457 g/mol. The smallest absolute Gasteiger partial charge is 0.475 e. The number of aliphatic carboxylic acids is 1. The maximum Gasteiger partial charge on any atom is 0.490 e.